The molecule has 0 N–H and O–H groups in total. The zero-order valence-electron chi connectivity index (χ0n) is 8.22. The van der Waals surface area contributed by atoms with Gasteiger partial charge >= 0.3 is 0 Å². The first kappa shape index (κ1) is 9.65. The Morgan fingerprint density at radius 3 is 2.40 bits per heavy atom. The highest BCUT2D eigenvalue weighted by Crippen LogP contribution is 2.24. The summed E-state index contributed by atoms with van der Waals surface area (Å²) in [4.78, 5) is 10.1. The predicted molar refractivity (Wildman–Crippen MR) is 59.4 cm³/mol. The lowest BCUT2D eigenvalue weighted by atomic mass is 9.98. The minimum atomic E-state index is -0.376. The van der Waals surface area contributed by atoms with Gasteiger partial charge in [-0.1, -0.05) is 18.2 Å². The molecule has 15 heavy (non-hydrogen) atoms. The lowest BCUT2D eigenvalue weighted by Crippen LogP contribution is -1.90. The molecular formula is C12H11NO2. The van der Waals surface area contributed by atoms with Crippen molar-refractivity contribution in [3.05, 3.63) is 58.2 Å². The molecule has 0 unspecified atom stereocenters. The van der Waals surface area contributed by atoms with Gasteiger partial charge in [0.05, 0.1) is 4.92 Å². The van der Waals surface area contributed by atoms with Gasteiger partial charge in [0.2, 0.25) is 0 Å². The summed E-state index contributed by atoms with van der Waals surface area (Å²) >= 11 is 0. The van der Waals surface area contributed by atoms with Crippen LogP contribution in [-0.4, -0.2) is 4.92 Å². The molecule has 0 aromatic heterocycles. The second-order valence-electron chi connectivity index (χ2n) is 3.44. The van der Waals surface area contributed by atoms with Gasteiger partial charge in [-0.2, -0.15) is 0 Å². The molecular weight excluding hydrogens is 190 g/mol. The quantitative estimate of drug-likeness (QED) is 0.418. The molecule has 0 heterocycles. The van der Waals surface area contributed by atoms with Crippen molar-refractivity contribution in [2.24, 2.45) is 0 Å². The third-order valence-corrected chi connectivity index (χ3v) is 2.45. The van der Waals surface area contributed by atoms with Gasteiger partial charge in [-0.15, -0.1) is 0 Å². The van der Waals surface area contributed by atoms with Crippen LogP contribution in [0.3, 0.4) is 0 Å². The molecule has 0 spiro atoms. The highest BCUT2D eigenvalue weighted by atomic mass is 16.6. The van der Waals surface area contributed by atoms with Crippen LogP contribution in [0.5, 0.6) is 0 Å². The number of nitro benzene ring substituents is 1. The maximum Gasteiger partial charge on any atom is 0.269 e. The first-order chi connectivity index (χ1) is 7.27. The summed E-state index contributed by atoms with van der Waals surface area (Å²) in [5.41, 5.74) is 2.46. The van der Waals surface area contributed by atoms with E-state index in [1.54, 1.807) is 12.1 Å². The second kappa shape index (κ2) is 4.09. The van der Waals surface area contributed by atoms with Crippen molar-refractivity contribution in [2.45, 2.75) is 12.8 Å². The summed E-state index contributed by atoms with van der Waals surface area (Å²) in [6.07, 6.45) is 8.26. The monoisotopic (exact) mass is 201 g/mol. The van der Waals surface area contributed by atoms with E-state index in [4.69, 9.17) is 0 Å². The van der Waals surface area contributed by atoms with Crippen molar-refractivity contribution in [3.63, 3.8) is 0 Å². The summed E-state index contributed by atoms with van der Waals surface area (Å²) in [6.45, 7) is 0. The molecule has 1 aliphatic carbocycles. The number of nitrogens with zero attached hydrogens (tertiary/aromatic N) is 1. The number of non-ortho nitro benzene ring substituents is 1. The van der Waals surface area contributed by atoms with E-state index in [1.807, 2.05) is 12.1 Å². The standard InChI is InChI=1S/C12H11NO2/c14-13(15)12-8-6-11(7-9-12)10-4-2-1-3-5-10/h1-2,5-9H,3-4H2. The van der Waals surface area contributed by atoms with Crippen molar-refractivity contribution >= 4 is 11.3 Å². The molecule has 0 atom stereocenters. The number of benzene rings is 1. The Morgan fingerprint density at radius 1 is 1.13 bits per heavy atom. The van der Waals surface area contributed by atoms with Crippen molar-refractivity contribution in [1.82, 2.24) is 0 Å². The summed E-state index contributed by atoms with van der Waals surface area (Å²) < 4.78 is 0. The second-order valence-corrected chi connectivity index (χ2v) is 3.44. The molecule has 3 heteroatoms. The van der Waals surface area contributed by atoms with Crippen molar-refractivity contribution in [1.29, 1.82) is 0 Å². The van der Waals surface area contributed by atoms with Gasteiger partial charge in [0, 0.05) is 12.1 Å². The van der Waals surface area contributed by atoms with Crippen LogP contribution in [0.15, 0.2) is 42.5 Å². The Bertz CT molecular complexity index is 429. The Labute approximate surface area is 87.9 Å². The van der Waals surface area contributed by atoms with E-state index >= 15 is 0 Å². The normalized spacial score (nSPS) is 14.8. The molecule has 2 rings (SSSR count). The van der Waals surface area contributed by atoms with Gasteiger partial charge < -0.3 is 0 Å². The van der Waals surface area contributed by atoms with Crippen LogP contribution in [0.25, 0.3) is 5.57 Å². The van der Waals surface area contributed by atoms with E-state index in [0.717, 1.165) is 18.4 Å². The maximum absolute atomic E-state index is 10.5. The Morgan fingerprint density at radius 2 is 1.87 bits per heavy atom. The predicted octanol–water partition coefficient (Wildman–Crippen LogP) is 3.33. The Hall–Kier alpha value is -1.90. The number of hydrogen-bond acceptors (Lipinski definition) is 2. The molecule has 76 valence electrons. The first-order valence-corrected chi connectivity index (χ1v) is 4.86. The molecule has 0 aliphatic heterocycles. The van der Waals surface area contributed by atoms with Gasteiger partial charge in [-0.05, 0) is 36.1 Å². The average Bonchev–Trinajstić information content (AvgIpc) is 2.30. The lowest BCUT2D eigenvalue weighted by molar-refractivity contribution is -0.384. The van der Waals surface area contributed by atoms with Gasteiger partial charge in [-0.3, -0.25) is 10.1 Å². The number of nitro groups is 1. The molecule has 0 saturated carbocycles. The van der Waals surface area contributed by atoms with Gasteiger partial charge in [0.25, 0.3) is 5.69 Å². The van der Waals surface area contributed by atoms with E-state index in [1.165, 1.54) is 5.57 Å². The van der Waals surface area contributed by atoms with E-state index in [9.17, 15) is 10.1 Å². The zero-order valence-corrected chi connectivity index (χ0v) is 8.22. The molecule has 3 nitrogen and oxygen atoms in total. The van der Waals surface area contributed by atoms with Gasteiger partial charge in [-0.25, -0.2) is 0 Å². The zero-order chi connectivity index (χ0) is 10.7. The fourth-order valence-corrected chi connectivity index (χ4v) is 1.63. The smallest absolute Gasteiger partial charge is 0.258 e. The summed E-state index contributed by atoms with van der Waals surface area (Å²) in [6, 6.07) is 6.72. The van der Waals surface area contributed by atoms with E-state index < -0.39 is 0 Å². The Kier molecular flexibility index (Phi) is 2.63. The SMILES string of the molecule is O=[N+]([O-])c1ccc(C2=CCC=CC2)cc1. The molecule has 0 saturated heterocycles. The third kappa shape index (κ3) is 2.13. The number of allylic oxidation sites excluding steroid dienone is 4. The van der Waals surface area contributed by atoms with Gasteiger partial charge in [0.15, 0.2) is 0 Å². The van der Waals surface area contributed by atoms with Crippen LogP contribution >= 0.6 is 0 Å². The van der Waals surface area contributed by atoms with Gasteiger partial charge in [0.1, 0.15) is 0 Å². The van der Waals surface area contributed by atoms with E-state index in [0.29, 0.717) is 0 Å². The number of hydrogen-bond donors (Lipinski definition) is 0. The molecule has 0 amide bonds. The lowest BCUT2D eigenvalue weighted by Gasteiger charge is -2.07. The minimum Gasteiger partial charge on any atom is -0.258 e. The largest absolute Gasteiger partial charge is 0.269 e. The molecule has 1 aromatic carbocycles. The maximum atomic E-state index is 10.5. The van der Waals surface area contributed by atoms with Crippen LogP contribution in [-0.2, 0) is 0 Å². The van der Waals surface area contributed by atoms with Crippen molar-refractivity contribution in [3.8, 4) is 0 Å². The third-order valence-electron chi connectivity index (χ3n) is 2.45. The average molecular weight is 201 g/mol. The fraction of sp³-hybridized carbons (Fsp3) is 0.167. The first-order valence-electron chi connectivity index (χ1n) is 4.86. The Balaban J connectivity index is 2.23. The summed E-state index contributed by atoms with van der Waals surface area (Å²) in [7, 11) is 0. The molecule has 0 bridgehead atoms. The molecule has 1 aromatic rings. The molecule has 1 aliphatic rings. The van der Waals surface area contributed by atoms with Crippen molar-refractivity contribution < 1.29 is 4.92 Å². The summed E-state index contributed by atoms with van der Waals surface area (Å²) in [5.74, 6) is 0. The van der Waals surface area contributed by atoms with Crippen molar-refractivity contribution in [2.75, 3.05) is 0 Å². The van der Waals surface area contributed by atoms with Crippen LogP contribution in [0, 0.1) is 10.1 Å². The van der Waals surface area contributed by atoms with Crippen LogP contribution in [0.2, 0.25) is 0 Å². The highest BCUT2D eigenvalue weighted by molar-refractivity contribution is 5.68. The topological polar surface area (TPSA) is 43.1 Å². The van der Waals surface area contributed by atoms with E-state index in [-0.39, 0.29) is 10.6 Å². The molecule has 0 fully saturated rings. The minimum absolute atomic E-state index is 0.144. The van der Waals surface area contributed by atoms with E-state index in [2.05, 4.69) is 18.2 Å². The fourth-order valence-electron chi connectivity index (χ4n) is 1.63. The van der Waals surface area contributed by atoms with Crippen LogP contribution in [0.1, 0.15) is 18.4 Å². The number of rotatable bonds is 2. The summed E-state index contributed by atoms with van der Waals surface area (Å²) in [5, 5.41) is 10.5. The molecule has 0 radical (unpaired) electrons. The highest BCUT2D eigenvalue weighted by Gasteiger charge is 2.06. The van der Waals surface area contributed by atoms with Crippen LogP contribution < -0.4 is 0 Å². The van der Waals surface area contributed by atoms with Crippen LogP contribution in [0.4, 0.5) is 5.69 Å².